The van der Waals surface area contributed by atoms with E-state index in [1.807, 2.05) is 26.8 Å². The average Bonchev–Trinajstić information content (AvgIpc) is 3.14. The Morgan fingerprint density at radius 1 is 1.02 bits per heavy atom. The van der Waals surface area contributed by atoms with Crippen molar-refractivity contribution in [1.82, 2.24) is 20.4 Å². The molecule has 3 fully saturated rings. The molecule has 0 aromatic heterocycles. The number of rotatable bonds is 5. The number of carbonyl (C=O) groups excluding carboxylic acids is 5. The molecule has 11 heteroatoms. The average molecular weight is 554 g/mol. The van der Waals surface area contributed by atoms with Gasteiger partial charge < -0.3 is 19.9 Å². The van der Waals surface area contributed by atoms with Crippen LogP contribution in [-0.2, 0) is 14.3 Å². The Hall–Kier alpha value is -3.47. The maximum Gasteiger partial charge on any atom is 0.407 e. The summed E-state index contributed by atoms with van der Waals surface area (Å²) in [4.78, 5) is 68.6. The van der Waals surface area contributed by atoms with Gasteiger partial charge in [-0.1, -0.05) is 6.07 Å². The number of imide groups is 2. The summed E-state index contributed by atoms with van der Waals surface area (Å²) in [6, 6.07) is 4.45. The van der Waals surface area contributed by atoms with Crippen molar-refractivity contribution in [3.8, 4) is 0 Å². The smallest absolute Gasteiger partial charge is 0.407 e. The van der Waals surface area contributed by atoms with Gasteiger partial charge in [-0.3, -0.25) is 29.4 Å². The number of carbonyl (C=O) groups is 5. The molecule has 11 nitrogen and oxygen atoms in total. The van der Waals surface area contributed by atoms with Crippen LogP contribution in [0.3, 0.4) is 0 Å². The predicted molar refractivity (Wildman–Crippen MR) is 147 cm³/mol. The van der Waals surface area contributed by atoms with Crippen LogP contribution in [0, 0.1) is 5.92 Å². The summed E-state index contributed by atoms with van der Waals surface area (Å²) in [7, 11) is 0. The molecular formula is C29H39N5O6. The summed E-state index contributed by atoms with van der Waals surface area (Å²) < 4.78 is 5.39. The highest BCUT2D eigenvalue weighted by Gasteiger charge is 2.46. The minimum atomic E-state index is -0.972. The molecule has 5 amide bonds. The second-order valence-corrected chi connectivity index (χ2v) is 12.3. The maximum absolute atomic E-state index is 13.5. The number of fused-ring (bicyclic) bond motifs is 1. The highest BCUT2D eigenvalue weighted by Crippen LogP contribution is 2.36. The fraction of sp³-hybridized carbons (Fsp3) is 0.621. The monoisotopic (exact) mass is 553 g/mol. The Morgan fingerprint density at radius 2 is 1.77 bits per heavy atom. The molecule has 4 aliphatic heterocycles. The van der Waals surface area contributed by atoms with Gasteiger partial charge in [0.15, 0.2) is 0 Å². The summed E-state index contributed by atoms with van der Waals surface area (Å²) in [5.41, 5.74) is 0.883. The number of hydrogen-bond acceptors (Lipinski definition) is 8. The topological polar surface area (TPSA) is 128 Å². The molecule has 4 heterocycles. The van der Waals surface area contributed by atoms with E-state index >= 15 is 0 Å². The predicted octanol–water partition coefficient (Wildman–Crippen LogP) is 2.29. The zero-order chi connectivity index (χ0) is 28.6. The molecule has 3 saturated heterocycles. The van der Waals surface area contributed by atoms with Crippen molar-refractivity contribution in [2.24, 2.45) is 5.92 Å². The van der Waals surface area contributed by atoms with Gasteiger partial charge in [-0.25, -0.2) is 4.79 Å². The molecule has 5 rings (SSSR count). The normalized spacial score (nSPS) is 24.7. The molecule has 2 atom stereocenters. The van der Waals surface area contributed by atoms with Gasteiger partial charge in [-0.15, -0.1) is 0 Å². The van der Waals surface area contributed by atoms with Crippen molar-refractivity contribution in [1.29, 1.82) is 0 Å². The van der Waals surface area contributed by atoms with Gasteiger partial charge in [0.25, 0.3) is 11.8 Å². The quantitative estimate of drug-likeness (QED) is 0.532. The van der Waals surface area contributed by atoms with E-state index in [0.717, 1.165) is 69.0 Å². The van der Waals surface area contributed by atoms with Gasteiger partial charge in [0.2, 0.25) is 11.8 Å². The third-order valence-electron chi connectivity index (χ3n) is 8.13. The molecule has 1 aromatic carbocycles. The zero-order valence-corrected chi connectivity index (χ0v) is 23.5. The van der Waals surface area contributed by atoms with E-state index in [0.29, 0.717) is 17.0 Å². The van der Waals surface area contributed by atoms with Crippen molar-refractivity contribution in [2.45, 2.75) is 77.0 Å². The van der Waals surface area contributed by atoms with Crippen molar-refractivity contribution < 1.29 is 28.7 Å². The fourth-order valence-electron chi connectivity index (χ4n) is 6.29. The van der Waals surface area contributed by atoms with Crippen LogP contribution in [0.25, 0.3) is 0 Å². The number of nitrogens with one attached hydrogen (secondary N) is 2. The third kappa shape index (κ3) is 5.99. The number of likely N-dealkylation sites (tertiary alicyclic amines) is 1. The van der Waals surface area contributed by atoms with E-state index in [2.05, 4.69) is 20.4 Å². The van der Waals surface area contributed by atoms with Crippen molar-refractivity contribution in [2.75, 3.05) is 37.6 Å². The Bertz CT molecular complexity index is 1200. The number of anilines is 1. The van der Waals surface area contributed by atoms with Crippen LogP contribution in [0.2, 0.25) is 0 Å². The number of amides is 5. The minimum absolute atomic E-state index is 0.0960. The van der Waals surface area contributed by atoms with Gasteiger partial charge >= 0.3 is 6.09 Å². The Labute approximate surface area is 234 Å². The lowest BCUT2D eigenvalue weighted by Gasteiger charge is -2.39. The molecule has 40 heavy (non-hydrogen) atoms. The van der Waals surface area contributed by atoms with Gasteiger partial charge in [0.05, 0.1) is 16.8 Å². The van der Waals surface area contributed by atoms with E-state index < -0.39 is 29.4 Å². The number of benzene rings is 1. The number of piperidine rings is 3. The third-order valence-corrected chi connectivity index (χ3v) is 8.13. The van der Waals surface area contributed by atoms with Crippen LogP contribution in [0.4, 0.5) is 10.5 Å². The van der Waals surface area contributed by atoms with E-state index in [9.17, 15) is 24.0 Å². The van der Waals surface area contributed by atoms with Crippen LogP contribution in [0.15, 0.2) is 18.2 Å². The number of hydrogen-bond donors (Lipinski definition) is 2. The van der Waals surface area contributed by atoms with Crippen molar-refractivity contribution in [3.05, 3.63) is 29.3 Å². The molecule has 4 aliphatic rings. The molecule has 2 N–H and O–H groups in total. The highest BCUT2D eigenvalue weighted by atomic mass is 16.6. The maximum atomic E-state index is 13.5. The Kier molecular flexibility index (Phi) is 7.85. The van der Waals surface area contributed by atoms with Crippen LogP contribution in [0.1, 0.15) is 80.0 Å². The summed E-state index contributed by atoms with van der Waals surface area (Å²) >= 11 is 0. The zero-order valence-electron chi connectivity index (χ0n) is 23.5. The molecule has 216 valence electrons. The van der Waals surface area contributed by atoms with Crippen LogP contribution in [-0.4, -0.2) is 89.9 Å². The Morgan fingerprint density at radius 3 is 2.48 bits per heavy atom. The lowest BCUT2D eigenvalue weighted by molar-refractivity contribution is -0.136. The van der Waals surface area contributed by atoms with Crippen molar-refractivity contribution in [3.63, 3.8) is 0 Å². The second kappa shape index (κ2) is 11.2. The molecule has 0 saturated carbocycles. The van der Waals surface area contributed by atoms with Crippen LogP contribution in [0.5, 0.6) is 0 Å². The molecule has 0 aliphatic carbocycles. The number of nitrogens with zero attached hydrogens (tertiary/aromatic N) is 3. The molecule has 0 bridgehead atoms. The second-order valence-electron chi connectivity index (χ2n) is 12.3. The van der Waals surface area contributed by atoms with E-state index in [-0.39, 0.29) is 30.9 Å². The summed E-state index contributed by atoms with van der Waals surface area (Å²) in [5.74, 6) is -1.53. The molecule has 1 aromatic rings. The minimum Gasteiger partial charge on any atom is -0.444 e. The van der Waals surface area contributed by atoms with E-state index in [1.165, 1.54) is 0 Å². The van der Waals surface area contributed by atoms with Crippen LogP contribution < -0.4 is 15.5 Å². The SMILES string of the molecule is CC(C)(C)OC(=O)NC1CCN(CC2CCCN(c3cccc4c3C(=O)N(C3CCC(=O)NC3=O)C4=O)C2)CC1. The van der Waals surface area contributed by atoms with Crippen molar-refractivity contribution >= 4 is 35.4 Å². The van der Waals surface area contributed by atoms with Gasteiger partial charge in [-0.05, 0) is 70.9 Å². The lowest BCUT2D eigenvalue weighted by atomic mass is 9.94. The Balaban J connectivity index is 1.20. The summed E-state index contributed by atoms with van der Waals surface area (Å²) in [5, 5.41) is 5.24. The fourth-order valence-corrected chi connectivity index (χ4v) is 6.29. The van der Waals surface area contributed by atoms with E-state index in [1.54, 1.807) is 12.1 Å². The van der Waals surface area contributed by atoms with Gasteiger partial charge in [0.1, 0.15) is 11.6 Å². The standard InChI is InChI=1S/C29H39N5O6/c1-29(2,3)40-28(39)30-19-11-14-32(15-12-19)16-18-6-5-13-33(17-18)21-8-4-7-20-24(21)27(38)34(26(20)37)22-9-10-23(35)31-25(22)36/h4,7-8,18-19,22H,5-6,9-17H2,1-3H3,(H,30,39)(H,31,35,36). The summed E-state index contributed by atoms with van der Waals surface area (Å²) in [6.07, 6.45) is 3.66. The van der Waals surface area contributed by atoms with Gasteiger partial charge in [-0.2, -0.15) is 0 Å². The first-order valence-electron chi connectivity index (χ1n) is 14.3. The molecular weight excluding hydrogens is 514 g/mol. The molecule has 2 unspecified atom stereocenters. The first-order chi connectivity index (χ1) is 19.0. The first kappa shape index (κ1) is 28.1. The first-order valence-corrected chi connectivity index (χ1v) is 14.3. The van der Waals surface area contributed by atoms with E-state index in [4.69, 9.17) is 4.74 Å². The highest BCUT2D eigenvalue weighted by molar-refractivity contribution is 6.25. The number of alkyl carbamates (subject to hydrolysis) is 1. The largest absolute Gasteiger partial charge is 0.444 e. The summed E-state index contributed by atoms with van der Waals surface area (Å²) in [6.45, 7) is 9.84. The number of ether oxygens (including phenoxy) is 1. The van der Waals surface area contributed by atoms with Crippen LogP contribution >= 0.6 is 0 Å². The lowest BCUT2D eigenvalue weighted by Crippen LogP contribution is -2.54. The molecule has 0 spiro atoms. The molecule has 0 radical (unpaired) electrons. The van der Waals surface area contributed by atoms with Gasteiger partial charge in [0, 0.05) is 45.2 Å².